The number of rotatable bonds is 4. The molecule has 2 heterocycles. The number of allylic oxidation sites excluding steroid dienone is 1. The van der Waals surface area contributed by atoms with Gasteiger partial charge >= 0.3 is 6.01 Å². The number of benzene rings is 1. The third kappa shape index (κ3) is 3.60. The van der Waals surface area contributed by atoms with Crippen LogP contribution in [0.5, 0.6) is 11.8 Å². The van der Waals surface area contributed by atoms with Crippen molar-refractivity contribution in [2.24, 2.45) is 4.99 Å². The number of aryl methyl sites for hydroxylation is 1. The van der Waals surface area contributed by atoms with E-state index >= 15 is 0 Å². The first-order valence-corrected chi connectivity index (χ1v) is 9.05. The predicted molar refractivity (Wildman–Crippen MR) is 105 cm³/mol. The fourth-order valence-corrected chi connectivity index (χ4v) is 3.20. The average Bonchev–Trinajstić information content (AvgIpc) is 3.22. The van der Waals surface area contributed by atoms with Gasteiger partial charge in [-0.25, -0.2) is 4.39 Å². The molecule has 4 rings (SSSR count). The van der Waals surface area contributed by atoms with E-state index in [1.807, 2.05) is 45.1 Å². The molecule has 0 amide bonds. The second kappa shape index (κ2) is 6.95. The predicted octanol–water partition coefficient (Wildman–Crippen LogP) is 4.70. The van der Waals surface area contributed by atoms with E-state index in [-0.39, 0.29) is 17.6 Å². The van der Waals surface area contributed by atoms with Gasteiger partial charge in [0, 0.05) is 17.3 Å². The van der Waals surface area contributed by atoms with E-state index < -0.39 is 0 Å². The SMILES string of the molecule is CCc1cc(NC2=NCC(C)=C2)nc(Oc2ccc3c(c2F)C=C(C)C3)n1. The van der Waals surface area contributed by atoms with E-state index in [2.05, 4.69) is 20.3 Å². The van der Waals surface area contributed by atoms with Crippen molar-refractivity contribution in [1.29, 1.82) is 0 Å². The zero-order valence-electron chi connectivity index (χ0n) is 15.6. The summed E-state index contributed by atoms with van der Waals surface area (Å²) in [4.78, 5) is 13.1. The van der Waals surface area contributed by atoms with Gasteiger partial charge in [0.15, 0.2) is 11.6 Å². The smallest absolute Gasteiger partial charge is 0.324 e. The zero-order chi connectivity index (χ0) is 19.0. The molecule has 0 saturated carbocycles. The molecule has 0 atom stereocenters. The molecule has 1 aromatic carbocycles. The molecule has 0 radical (unpaired) electrons. The van der Waals surface area contributed by atoms with Crippen molar-refractivity contribution >= 4 is 17.7 Å². The molecular weight excluding hydrogens is 343 g/mol. The molecule has 27 heavy (non-hydrogen) atoms. The first-order valence-electron chi connectivity index (χ1n) is 9.05. The van der Waals surface area contributed by atoms with E-state index in [4.69, 9.17) is 4.74 Å². The molecule has 0 bridgehead atoms. The van der Waals surface area contributed by atoms with Crippen molar-refractivity contribution in [3.05, 3.63) is 58.1 Å². The van der Waals surface area contributed by atoms with Crippen LogP contribution in [0.4, 0.5) is 10.2 Å². The van der Waals surface area contributed by atoms with Crippen molar-refractivity contribution < 1.29 is 9.13 Å². The number of halogens is 1. The Hall–Kier alpha value is -3.02. The van der Waals surface area contributed by atoms with Gasteiger partial charge in [-0.3, -0.25) is 4.99 Å². The number of fused-ring (bicyclic) bond motifs is 1. The van der Waals surface area contributed by atoms with E-state index in [1.165, 1.54) is 5.57 Å². The summed E-state index contributed by atoms with van der Waals surface area (Å²) >= 11 is 0. The summed E-state index contributed by atoms with van der Waals surface area (Å²) in [7, 11) is 0. The maximum absolute atomic E-state index is 14.8. The third-order valence-electron chi connectivity index (χ3n) is 4.55. The van der Waals surface area contributed by atoms with Crippen LogP contribution in [0.1, 0.15) is 37.6 Å². The highest BCUT2D eigenvalue weighted by molar-refractivity contribution is 6.05. The van der Waals surface area contributed by atoms with Gasteiger partial charge in [-0.1, -0.05) is 24.6 Å². The van der Waals surface area contributed by atoms with Gasteiger partial charge in [0.05, 0.1) is 6.54 Å². The van der Waals surface area contributed by atoms with Crippen LogP contribution in [-0.4, -0.2) is 22.3 Å². The largest absolute Gasteiger partial charge is 0.421 e. The molecule has 5 nitrogen and oxygen atoms in total. The van der Waals surface area contributed by atoms with E-state index in [9.17, 15) is 4.39 Å². The summed E-state index contributed by atoms with van der Waals surface area (Å²) in [5.74, 6) is 1.10. The number of nitrogens with one attached hydrogen (secondary N) is 1. The fraction of sp³-hybridized carbons (Fsp3) is 0.286. The topological polar surface area (TPSA) is 59.4 Å². The van der Waals surface area contributed by atoms with Gasteiger partial charge in [-0.15, -0.1) is 0 Å². The minimum absolute atomic E-state index is 0.119. The number of aliphatic imine (C=N–C) groups is 1. The molecule has 2 aromatic rings. The molecule has 0 fully saturated rings. The number of amidine groups is 1. The summed E-state index contributed by atoms with van der Waals surface area (Å²) in [5.41, 5.74) is 4.69. The molecule has 0 unspecified atom stereocenters. The molecule has 0 spiro atoms. The van der Waals surface area contributed by atoms with Crippen LogP contribution >= 0.6 is 0 Å². The summed E-state index contributed by atoms with van der Waals surface area (Å²) in [6.45, 7) is 6.70. The minimum Gasteiger partial charge on any atom is -0.421 e. The molecule has 1 N–H and O–H groups in total. The number of aromatic nitrogens is 2. The molecule has 138 valence electrons. The first-order chi connectivity index (χ1) is 13.0. The number of ether oxygens (including phenoxy) is 1. The fourth-order valence-electron chi connectivity index (χ4n) is 3.20. The molecule has 0 saturated heterocycles. The number of anilines is 1. The molecule has 2 aliphatic rings. The third-order valence-corrected chi connectivity index (χ3v) is 4.55. The highest BCUT2D eigenvalue weighted by Crippen LogP contribution is 2.33. The van der Waals surface area contributed by atoms with Gasteiger partial charge < -0.3 is 10.1 Å². The van der Waals surface area contributed by atoms with Crippen molar-refractivity contribution in [2.45, 2.75) is 33.6 Å². The van der Waals surface area contributed by atoms with Crippen LogP contribution in [0.25, 0.3) is 6.08 Å². The van der Waals surface area contributed by atoms with Crippen molar-refractivity contribution in [3.8, 4) is 11.8 Å². The van der Waals surface area contributed by atoms with Crippen LogP contribution in [0, 0.1) is 5.82 Å². The Morgan fingerprint density at radius 1 is 1.15 bits per heavy atom. The number of hydrogen-bond acceptors (Lipinski definition) is 5. The van der Waals surface area contributed by atoms with E-state index in [0.29, 0.717) is 24.3 Å². The second-order valence-electron chi connectivity index (χ2n) is 6.92. The van der Waals surface area contributed by atoms with Crippen LogP contribution in [0.15, 0.2) is 40.4 Å². The Labute approximate surface area is 157 Å². The minimum atomic E-state index is -0.372. The number of nitrogens with zero attached hydrogens (tertiary/aromatic N) is 3. The van der Waals surface area contributed by atoms with Crippen LogP contribution in [-0.2, 0) is 12.8 Å². The highest BCUT2D eigenvalue weighted by atomic mass is 19.1. The van der Waals surface area contributed by atoms with Gasteiger partial charge in [-0.2, -0.15) is 9.97 Å². The van der Waals surface area contributed by atoms with Crippen molar-refractivity contribution in [1.82, 2.24) is 9.97 Å². The van der Waals surface area contributed by atoms with E-state index in [0.717, 1.165) is 29.1 Å². The lowest BCUT2D eigenvalue weighted by Gasteiger charge is -2.11. The van der Waals surface area contributed by atoms with Crippen LogP contribution in [0.3, 0.4) is 0 Å². The highest BCUT2D eigenvalue weighted by Gasteiger charge is 2.19. The Bertz CT molecular complexity index is 1010. The zero-order valence-corrected chi connectivity index (χ0v) is 15.6. The Balaban J connectivity index is 1.63. The van der Waals surface area contributed by atoms with Gasteiger partial charge in [0.25, 0.3) is 0 Å². The van der Waals surface area contributed by atoms with Crippen molar-refractivity contribution in [2.75, 3.05) is 11.9 Å². The normalized spacial score (nSPS) is 15.2. The van der Waals surface area contributed by atoms with Crippen LogP contribution < -0.4 is 10.1 Å². The standard InChI is InChI=1S/C21H21FN4O/c1-4-15-10-19(25-18-9-13(3)11-23-18)26-21(24-15)27-17-6-5-14-7-12(2)8-16(14)20(17)22/h5-6,8-10H,4,7,11H2,1-3H3,(H,23,24,25,26). The lowest BCUT2D eigenvalue weighted by atomic mass is 10.1. The quantitative estimate of drug-likeness (QED) is 0.854. The number of hydrogen-bond donors (Lipinski definition) is 1. The Kier molecular flexibility index (Phi) is 4.48. The summed E-state index contributed by atoms with van der Waals surface area (Å²) in [6, 6.07) is 5.50. The second-order valence-corrected chi connectivity index (χ2v) is 6.92. The maximum atomic E-state index is 14.8. The molecule has 1 aliphatic carbocycles. The first kappa shape index (κ1) is 17.4. The summed E-state index contributed by atoms with van der Waals surface area (Å²) in [6.07, 6.45) is 5.32. The average molecular weight is 364 g/mol. The Morgan fingerprint density at radius 2 is 2.00 bits per heavy atom. The maximum Gasteiger partial charge on any atom is 0.324 e. The van der Waals surface area contributed by atoms with Crippen LogP contribution in [0.2, 0.25) is 0 Å². The lowest BCUT2D eigenvalue weighted by molar-refractivity contribution is 0.409. The molecular formula is C21H21FN4O. The van der Waals surface area contributed by atoms with Crippen molar-refractivity contribution in [3.63, 3.8) is 0 Å². The molecule has 6 heteroatoms. The summed E-state index contributed by atoms with van der Waals surface area (Å²) in [5, 5.41) is 3.17. The van der Waals surface area contributed by atoms with E-state index in [1.54, 1.807) is 6.07 Å². The van der Waals surface area contributed by atoms with Gasteiger partial charge in [0.1, 0.15) is 11.7 Å². The monoisotopic (exact) mass is 364 g/mol. The molecule has 1 aliphatic heterocycles. The van der Waals surface area contributed by atoms with Gasteiger partial charge in [0.2, 0.25) is 0 Å². The summed E-state index contributed by atoms with van der Waals surface area (Å²) < 4.78 is 20.5. The lowest BCUT2D eigenvalue weighted by Crippen LogP contribution is -2.10. The van der Waals surface area contributed by atoms with Gasteiger partial charge in [-0.05, 0) is 50.0 Å². The molecule has 1 aromatic heterocycles. The Morgan fingerprint density at radius 3 is 2.74 bits per heavy atom.